The fourth-order valence-electron chi connectivity index (χ4n) is 2.24. The zero-order valence-corrected chi connectivity index (χ0v) is 12.2. The summed E-state index contributed by atoms with van der Waals surface area (Å²) in [5, 5.41) is 14.1. The fourth-order valence-corrected chi connectivity index (χ4v) is 5.05. The molecule has 1 N–H and O–H groups in total. The summed E-state index contributed by atoms with van der Waals surface area (Å²) in [6.07, 6.45) is 1.95. The molecule has 1 aliphatic rings. The van der Waals surface area contributed by atoms with Crippen molar-refractivity contribution in [3.63, 3.8) is 0 Å². The highest BCUT2D eigenvalue weighted by molar-refractivity contribution is 7.88. The number of piperidine rings is 1. The van der Waals surface area contributed by atoms with Gasteiger partial charge in [-0.3, -0.25) is 14.3 Å². The van der Waals surface area contributed by atoms with E-state index < -0.39 is 15.7 Å². The van der Waals surface area contributed by atoms with Crippen molar-refractivity contribution in [2.24, 2.45) is 0 Å². The highest BCUT2D eigenvalue weighted by Crippen LogP contribution is 2.29. The molecule has 0 unspecified atom stereocenters. The Morgan fingerprint density at radius 1 is 1.50 bits per heavy atom. The summed E-state index contributed by atoms with van der Waals surface area (Å²) in [4.78, 5) is 14.6. The molecule has 2 atom stereocenters. The molecule has 3 rings (SSSR count). The lowest BCUT2D eigenvalue weighted by Gasteiger charge is -2.20. The average molecular weight is 311 g/mol. The Labute approximate surface area is 121 Å². The van der Waals surface area contributed by atoms with E-state index in [1.165, 1.54) is 23.5 Å². The maximum Gasteiger partial charge on any atom is 0.271 e. The largest absolute Gasteiger partial charge is 0.316 e. The molecule has 0 radical (unpaired) electrons. The first kappa shape index (κ1) is 13.6. The first-order chi connectivity index (χ1) is 9.65. The smallest absolute Gasteiger partial charge is 0.271 e. The molecular formula is C12H13N3O3S2. The molecule has 20 heavy (non-hydrogen) atoms. The number of thiazole rings is 1. The van der Waals surface area contributed by atoms with E-state index in [4.69, 9.17) is 0 Å². The van der Waals surface area contributed by atoms with Crippen LogP contribution >= 0.6 is 11.3 Å². The number of fused-ring (bicyclic) bond motifs is 1. The van der Waals surface area contributed by atoms with Crippen LogP contribution in [0.15, 0.2) is 22.5 Å². The minimum atomic E-state index is -1.14. The predicted octanol–water partition coefficient (Wildman–Crippen LogP) is 2.06. The maximum absolute atomic E-state index is 12.5. The quantitative estimate of drug-likeness (QED) is 0.693. The van der Waals surface area contributed by atoms with Crippen LogP contribution in [0.3, 0.4) is 0 Å². The Balaban J connectivity index is 1.92. The van der Waals surface area contributed by atoms with E-state index in [9.17, 15) is 14.3 Å². The summed E-state index contributed by atoms with van der Waals surface area (Å²) in [5.41, 5.74) is 0.566. The standard InChI is InChI=1S/C12H13N3O3S2/c16-15(17)8-3-4-11-10(6-8)14-12(19-11)20(18)9-2-1-5-13-7-9/h3-4,6,9,13H,1-2,5,7H2/t9-,20-/m1/s1. The van der Waals surface area contributed by atoms with Crippen LogP contribution in [-0.4, -0.2) is 32.5 Å². The SMILES string of the molecule is O=[N+]([O-])c1ccc2sc([S@](=O)[C@@H]3CCCNC3)nc2c1. The van der Waals surface area contributed by atoms with Crippen LogP contribution in [0, 0.1) is 10.1 Å². The number of nitrogens with zero attached hydrogens (tertiary/aromatic N) is 2. The molecule has 6 nitrogen and oxygen atoms in total. The van der Waals surface area contributed by atoms with Crippen molar-refractivity contribution >= 4 is 38.0 Å². The monoisotopic (exact) mass is 311 g/mol. The zero-order valence-electron chi connectivity index (χ0n) is 10.6. The van der Waals surface area contributed by atoms with Crippen LogP contribution in [0.4, 0.5) is 5.69 Å². The Morgan fingerprint density at radius 2 is 2.35 bits per heavy atom. The van der Waals surface area contributed by atoms with Gasteiger partial charge in [0.2, 0.25) is 0 Å². The van der Waals surface area contributed by atoms with Crippen LogP contribution in [0.2, 0.25) is 0 Å². The summed E-state index contributed by atoms with van der Waals surface area (Å²) < 4.78 is 13.9. The number of nitrogens with one attached hydrogen (secondary N) is 1. The van der Waals surface area contributed by atoms with Crippen molar-refractivity contribution < 1.29 is 9.13 Å². The van der Waals surface area contributed by atoms with Gasteiger partial charge in [-0.15, -0.1) is 11.3 Å². The molecule has 2 heterocycles. The van der Waals surface area contributed by atoms with E-state index in [2.05, 4.69) is 10.3 Å². The van der Waals surface area contributed by atoms with Crippen LogP contribution in [0.1, 0.15) is 12.8 Å². The lowest BCUT2D eigenvalue weighted by molar-refractivity contribution is -0.384. The number of benzene rings is 1. The van der Waals surface area contributed by atoms with Gasteiger partial charge in [0.25, 0.3) is 5.69 Å². The normalized spacial score (nSPS) is 20.9. The van der Waals surface area contributed by atoms with Crippen molar-refractivity contribution in [3.05, 3.63) is 28.3 Å². The van der Waals surface area contributed by atoms with Crippen LogP contribution < -0.4 is 5.32 Å². The van der Waals surface area contributed by atoms with Gasteiger partial charge in [-0.2, -0.15) is 0 Å². The second-order valence-corrected chi connectivity index (χ2v) is 7.59. The van der Waals surface area contributed by atoms with E-state index in [1.54, 1.807) is 6.07 Å². The van der Waals surface area contributed by atoms with Crippen LogP contribution in [-0.2, 0) is 10.8 Å². The second-order valence-electron chi connectivity index (χ2n) is 4.65. The minimum absolute atomic E-state index is 0.0134. The van der Waals surface area contributed by atoms with Gasteiger partial charge in [0.1, 0.15) is 0 Å². The van der Waals surface area contributed by atoms with E-state index in [-0.39, 0.29) is 10.9 Å². The summed E-state index contributed by atoms with van der Waals surface area (Å²) in [6, 6.07) is 4.56. The molecule has 0 saturated carbocycles. The number of hydrogen-bond acceptors (Lipinski definition) is 6. The maximum atomic E-state index is 12.5. The molecule has 106 valence electrons. The molecular weight excluding hydrogens is 298 g/mol. The van der Waals surface area contributed by atoms with Gasteiger partial charge in [0.05, 0.1) is 31.2 Å². The Hall–Kier alpha value is -1.38. The summed E-state index contributed by atoms with van der Waals surface area (Å²) >= 11 is 1.36. The summed E-state index contributed by atoms with van der Waals surface area (Å²) in [6.45, 7) is 1.71. The lowest BCUT2D eigenvalue weighted by Crippen LogP contribution is -2.36. The van der Waals surface area contributed by atoms with Crippen molar-refractivity contribution in [2.75, 3.05) is 13.1 Å². The Bertz CT molecular complexity index is 680. The van der Waals surface area contributed by atoms with Gasteiger partial charge in [0, 0.05) is 18.7 Å². The van der Waals surface area contributed by atoms with Crippen molar-refractivity contribution in [1.29, 1.82) is 0 Å². The Morgan fingerprint density at radius 3 is 3.05 bits per heavy atom. The molecule has 0 spiro atoms. The van der Waals surface area contributed by atoms with E-state index in [0.717, 1.165) is 30.6 Å². The number of non-ortho nitro benzene ring substituents is 1. The van der Waals surface area contributed by atoms with Crippen LogP contribution in [0.5, 0.6) is 0 Å². The molecule has 0 aliphatic carbocycles. The van der Waals surface area contributed by atoms with Gasteiger partial charge in [-0.05, 0) is 25.5 Å². The van der Waals surface area contributed by atoms with E-state index in [0.29, 0.717) is 9.86 Å². The molecule has 1 saturated heterocycles. The molecule has 2 aromatic rings. The number of nitro benzene ring substituents is 1. The molecule has 0 bridgehead atoms. The van der Waals surface area contributed by atoms with Crippen molar-refractivity contribution in [1.82, 2.24) is 10.3 Å². The average Bonchev–Trinajstić information content (AvgIpc) is 2.90. The van der Waals surface area contributed by atoms with Gasteiger partial charge < -0.3 is 5.32 Å². The first-order valence-corrected chi connectivity index (χ1v) is 8.34. The summed E-state index contributed by atoms with van der Waals surface area (Å²) in [7, 11) is -1.14. The van der Waals surface area contributed by atoms with E-state index in [1.807, 2.05) is 0 Å². The molecule has 1 aromatic carbocycles. The van der Waals surface area contributed by atoms with Crippen LogP contribution in [0.25, 0.3) is 10.2 Å². The first-order valence-electron chi connectivity index (χ1n) is 6.31. The summed E-state index contributed by atoms with van der Waals surface area (Å²) in [5.74, 6) is 0. The third-order valence-electron chi connectivity index (χ3n) is 3.29. The van der Waals surface area contributed by atoms with Crippen molar-refractivity contribution in [3.8, 4) is 0 Å². The van der Waals surface area contributed by atoms with Gasteiger partial charge in [0.15, 0.2) is 4.34 Å². The minimum Gasteiger partial charge on any atom is -0.316 e. The third kappa shape index (κ3) is 2.58. The van der Waals surface area contributed by atoms with Crippen molar-refractivity contribution in [2.45, 2.75) is 22.4 Å². The second kappa shape index (κ2) is 5.55. The number of hydrogen-bond donors (Lipinski definition) is 1. The lowest BCUT2D eigenvalue weighted by atomic mass is 10.2. The Kier molecular flexibility index (Phi) is 3.77. The molecule has 1 aromatic heterocycles. The molecule has 1 aliphatic heterocycles. The predicted molar refractivity (Wildman–Crippen MR) is 78.6 cm³/mol. The van der Waals surface area contributed by atoms with Gasteiger partial charge >= 0.3 is 0 Å². The topological polar surface area (TPSA) is 85.1 Å². The molecule has 8 heteroatoms. The number of rotatable bonds is 3. The highest BCUT2D eigenvalue weighted by Gasteiger charge is 2.24. The zero-order chi connectivity index (χ0) is 14.1. The fraction of sp³-hybridized carbons (Fsp3) is 0.417. The number of aromatic nitrogens is 1. The van der Waals surface area contributed by atoms with Gasteiger partial charge in [-0.1, -0.05) is 0 Å². The molecule has 0 amide bonds. The number of nitro groups is 1. The van der Waals surface area contributed by atoms with Gasteiger partial charge in [-0.25, -0.2) is 4.98 Å². The molecule has 1 fully saturated rings. The van der Waals surface area contributed by atoms with E-state index >= 15 is 0 Å². The highest BCUT2D eigenvalue weighted by atomic mass is 32.2. The third-order valence-corrected chi connectivity index (χ3v) is 6.31.